The van der Waals surface area contributed by atoms with E-state index in [1.807, 2.05) is 6.92 Å². The zero-order chi connectivity index (χ0) is 19.4. The monoisotopic (exact) mass is 378 g/mol. The van der Waals surface area contributed by atoms with Crippen molar-refractivity contribution in [1.29, 1.82) is 0 Å². The highest BCUT2D eigenvalue weighted by atomic mass is 19.1. The molecule has 2 amide bonds. The molecule has 0 spiro atoms. The highest BCUT2D eigenvalue weighted by molar-refractivity contribution is 5.97. The maximum atomic E-state index is 14.5. The Morgan fingerprint density at radius 1 is 1.48 bits per heavy atom. The number of carbonyl (C=O) groups is 2. The maximum absolute atomic E-state index is 14.5. The molecule has 1 aromatic carbocycles. The molecule has 1 aliphatic carbocycles. The maximum Gasteiger partial charge on any atom is 0.253 e. The third kappa shape index (κ3) is 4.28. The van der Waals surface area contributed by atoms with Crippen LogP contribution in [-0.2, 0) is 14.3 Å². The van der Waals surface area contributed by atoms with Crippen LogP contribution < -0.4 is 16.0 Å². The number of likely N-dealkylation sites (N-methyl/N-ethyl adjacent to an activating group) is 1. The number of nitrogens with one attached hydrogen (secondary N) is 1. The van der Waals surface area contributed by atoms with Crippen molar-refractivity contribution in [1.82, 2.24) is 4.90 Å². The SMILES string of the molecule is CCN(C1CCC1)[C@H](CN)C(=O)Nc1ccc(N2CCOCC2=O)c(F)c1. The van der Waals surface area contributed by atoms with Crippen molar-refractivity contribution in [3.63, 3.8) is 0 Å². The van der Waals surface area contributed by atoms with Gasteiger partial charge < -0.3 is 20.7 Å². The fraction of sp³-hybridized carbons (Fsp3) is 0.579. The Balaban J connectivity index is 1.70. The molecule has 1 saturated carbocycles. The van der Waals surface area contributed by atoms with E-state index >= 15 is 0 Å². The quantitative estimate of drug-likeness (QED) is 0.747. The second-order valence-electron chi connectivity index (χ2n) is 6.92. The number of morpholine rings is 1. The lowest BCUT2D eigenvalue weighted by Crippen LogP contribution is -2.54. The van der Waals surface area contributed by atoms with Gasteiger partial charge in [0.05, 0.1) is 12.3 Å². The molecule has 8 heteroatoms. The zero-order valence-corrected chi connectivity index (χ0v) is 15.6. The summed E-state index contributed by atoms with van der Waals surface area (Å²) in [5, 5.41) is 2.76. The standard InChI is InChI=1S/C19H27FN4O3/c1-2-23(14-4-3-5-14)17(11-21)19(26)22-13-6-7-16(15(20)10-13)24-8-9-27-12-18(24)25/h6-7,10,14,17H,2-5,8-9,11-12,21H2,1H3,(H,22,26)/t17-/m1/s1. The Kier molecular flexibility index (Phi) is 6.41. The summed E-state index contributed by atoms with van der Waals surface area (Å²) < 4.78 is 19.6. The van der Waals surface area contributed by atoms with E-state index in [1.165, 1.54) is 23.5 Å². The molecule has 3 rings (SSSR count). The van der Waals surface area contributed by atoms with E-state index in [-0.39, 0.29) is 30.7 Å². The summed E-state index contributed by atoms with van der Waals surface area (Å²) in [4.78, 5) is 28.1. The number of carbonyl (C=O) groups excluding carboxylic acids is 2. The summed E-state index contributed by atoms with van der Waals surface area (Å²) in [6.45, 7) is 3.59. The van der Waals surface area contributed by atoms with Gasteiger partial charge in [-0.2, -0.15) is 0 Å². The second-order valence-corrected chi connectivity index (χ2v) is 6.92. The van der Waals surface area contributed by atoms with Gasteiger partial charge in [-0.15, -0.1) is 0 Å². The van der Waals surface area contributed by atoms with Crippen molar-refractivity contribution in [2.75, 3.05) is 43.1 Å². The van der Waals surface area contributed by atoms with Gasteiger partial charge in [-0.1, -0.05) is 13.3 Å². The third-order valence-corrected chi connectivity index (χ3v) is 5.33. The topological polar surface area (TPSA) is 87.9 Å². The predicted octanol–water partition coefficient (Wildman–Crippen LogP) is 1.33. The molecule has 148 valence electrons. The van der Waals surface area contributed by atoms with E-state index in [4.69, 9.17) is 10.5 Å². The first-order valence-electron chi connectivity index (χ1n) is 9.49. The Morgan fingerprint density at radius 3 is 2.81 bits per heavy atom. The predicted molar refractivity (Wildman–Crippen MR) is 101 cm³/mol. The fourth-order valence-electron chi connectivity index (χ4n) is 3.65. The van der Waals surface area contributed by atoms with Crippen molar-refractivity contribution < 1.29 is 18.7 Å². The van der Waals surface area contributed by atoms with Gasteiger partial charge in [0.25, 0.3) is 5.91 Å². The average molecular weight is 378 g/mol. The lowest BCUT2D eigenvalue weighted by atomic mass is 9.90. The van der Waals surface area contributed by atoms with Crippen molar-refractivity contribution in [3.8, 4) is 0 Å². The summed E-state index contributed by atoms with van der Waals surface area (Å²) in [6, 6.07) is 4.30. The molecule has 0 bridgehead atoms. The first kappa shape index (κ1) is 19.7. The lowest BCUT2D eigenvalue weighted by Gasteiger charge is -2.40. The van der Waals surface area contributed by atoms with Gasteiger partial charge in [0, 0.05) is 24.8 Å². The van der Waals surface area contributed by atoms with Gasteiger partial charge in [0.1, 0.15) is 18.5 Å². The van der Waals surface area contributed by atoms with Crippen LogP contribution in [-0.4, -0.2) is 61.6 Å². The average Bonchev–Trinajstić information content (AvgIpc) is 2.61. The van der Waals surface area contributed by atoms with E-state index in [2.05, 4.69) is 10.2 Å². The van der Waals surface area contributed by atoms with Gasteiger partial charge in [0.2, 0.25) is 5.91 Å². The normalized spacial score (nSPS) is 19.1. The number of hydrogen-bond donors (Lipinski definition) is 2. The van der Waals surface area contributed by atoms with Crippen LogP contribution in [0.15, 0.2) is 18.2 Å². The van der Waals surface area contributed by atoms with Crippen LogP contribution in [0.3, 0.4) is 0 Å². The minimum Gasteiger partial charge on any atom is -0.370 e. The van der Waals surface area contributed by atoms with Gasteiger partial charge in [-0.25, -0.2) is 4.39 Å². The number of rotatable bonds is 7. The Bertz CT molecular complexity index is 696. The van der Waals surface area contributed by atoms with Gasteiger partial charge in [-0.05, 0) is 37.6 Å². The Morgan fingerprint density at radius 2 is 2.26 bits per heavy atom. The third-order valence-electron chi connectivity index (χ3n) is 5.33. The van der Waals surface area contributed by atoms with Crippen LogP contribution in [0, 0.1) is 5.82 Å². The van der Waals surface area contributed by atoms with Gasteiger partial charge in [0.15, 0.2) is 0 Å². The van der Waals surface area contributed by atoms with Crippen molar-refractivity contribution in [3.05, 3.63) is 24.0 Å². The number of amides is 2. The van der Waals surface area contributed by atoms with Crippen molar-refractivity contribution >= 4 is 23.2 Å². The molecule has 1 atom stereocenters. The molecule has 27 heavy (non-hydrogen) atoms. The van der Waals surface area contributed by atoms with E-state index in [9.17, 15) is 14.0 Å². The zero-order valence-electron chi connectivity index (χ0n) is 15.6. The molecule has 1 heterocycles. The molecule has 2 fully saturated rings. The molecule has 7 nitrogen and oxygen atoms in total. The smallest absolute Gasteiger partial charge is 0.253 e. The van der Waals surface area contributed by atoms with Crippen LogP contribution in [0.5, 0.6) is 0 Å². The van der Waals surface area contributed by atoms with Gasteiger partial charge >= 0.3 is 0 Å². The number of halogens is 1. The van der Waals surface area contributed by atoms with E-state index in [0.29, 0.717) is 24.9 Å². The largest absolute Gasteiger partial charge is 0.370 e. The Hall–Kier alpha value is -2.03. The van der Waals surface area contributed by atoms with Gasteiger partial charge in [-0.3, -0.25) is 14.5 Å². The highest BCUT2D eigenvalue weighted by Gasteiger charge is 2.32. The molecule has 1 aliphatic heterocycles. The Labute approximate surface area is 158 Å². The molecule has 0 radical (unpaired) electrons. The van der Waals surface area contributed by atoms with Crippen LogP contribution in [0.25, 0.3) is 0 Å². The summed E-state index contributed by atoms with van der Waals surface area (Å²) in [5.41, 5.74) is 6.40. The number of hydrogen-bond acceptors (Lipinski definition) is 5. The van der Waals surface area contributed by atoms with E-state index < -0.39 is 11.9 Å². The van der Waals surface area contributed by atoms with Crippen molar-refractivity contribution in [2.45, 2.75) is 38.3 Å². The van der Waals surface area contributed by atoms with E-state index in [1.54, 1.807) is 6.07 Å². The summed E-state index contributed by atoms with van der Waals surface area (Å²) in [7, 11) is 0. The minimum atomic E-state index is -0.557. The summed E-state index contributed by atoms with van der Waals surface area (Å²) in [5.74, 6) is -1.07. The van der Waals surface area contributed by atoms with E-state index in [0.717, 1.165) is 19.4 Å². The van der Waals surface area contributed by atoms with Crippen LogP contribution in [0.2, 0.25) is 0 Å². The van der Waals surface area contributed by atoms with Crippen molar-refractivity contribution in [2.24, 2.45) is 5.73 Å². The molecule has 3 N–H and O–H groups in total. The summed E-state index contributed by atoms with van der Waals surface area (Å²) in [6.07, 6.45) is 3.33. The number of nitrogens with zero attached hydrogens (tertiary/aromatic N) is 2. The van der Waals surface area contributed by atoms with Crippen LogP contribution >= 0.6 is 0 Å². The molecule has 0 unspecified atom stereocenters. The fourth-order valence-corrected chi connectivity index (χ4v) is 3.65. The number of benzene rings is 1. The highest BCUT2D eigenvalue weighted by Crippen LogP contribution is 2.27. The molecule has 1 aromatic rings. The number of ether oxygens (including phenoxy) is 1. The number of nitrogens with two attached hydrogens (primary N) is 1. The number of anilines is 2. The summed E-state index contributed by atoms with van der Waals surface area (Å²) >= 11 is 0. The molecule has 0 aromatic heterocycles. The molecule has 1 saturated heterocycles. The van der Waals surface area contributed by atoms with Crippen LogP contribution in [0.1, 0.15) is 26.2 Å². The first-order valence-corrected chi connectivity index (χ1v) is 9.49. The molecule has 2 aliphatic rings. The van der Waals surface area contributed by atoms with Crippen LogP contribution in [0.4, 0.5) is 15.8 Å². The minimum absolute atomic E-state index is 0.0515. The first-order chi connectivity index (χ1) is 13.0. The molecular weight excluding hydrogens is 351 g/mol. The lowest BCUT2D eigenvalue weighted by molar-refractivity contribution is -0.125. The second kappa shape index (κ2) is 8.77. The molecular formula is C19H27FN4O3.